The van der Waals surface area contributed by atoms with Gasteiger partial charge < -0.3 is 16.4 Å². The van der Waals surface area contributed by atoms with E-state index in [1.807, 2.05) is 17.5 Å². The van der Waals surface area contributed by atoms with Crippen molar-refractivity contribution in [2.75, 3.05) is 16.4 Å². The fourth-order valence-corrected chi connectivity index (χ4v) is 3.71. The molecular weight excluding hydrogens is 426 g/mol. The predicted octanol–water partition coefficient (Wildman–Crippen LogP) is 1.70. The van der Waals surface area contributed by atoms with E-state index in [0.717, 1.165) is 0 Å². The first-order valence-electron chi connectivity index (χ1n) is 8.59. The quantitative estimate of drug-likeness (QED) is 0.332. The molecule has 13 heteroatoms. The summed E-state index contributed by atoms with van der Waals surface area (Å²) in [7, 11) is -3.76. The van der Waals surface area contributed by atoms with Gasteiger partial charge in [-0.1, -0.05) is 6.07 Å². The fourth-order valence-electron chi connectivity index (χ4n) is 2.55. The third-order valence-corrected chi connectivity index (χ3v) is 5.77. The van der Waals surface area contributed by atoms with Gasteiger partial charge in [0.05, 0.1) is 11.4 Å². The summed E-state index contributed by atoms with van der Waals surface area (Å²) in [6, 6.07) is 11.6. The third-order valence-electron chi connectivity index (χ3n) is 3.96. The van der Waals surface area contributed by atoms with Crippen LogP contribution in [-0.4, -0.2) is 33.2 Å². The maximum atomic E-state index is 11.3. The van der Waals surface area contributed by atoms with Gasteiger partial charge in [0.2, 0.25) is 21.9 Å². The molecule has 11 nitrogen and oxygen atoms in total. The third kappa shape index (κ3) is 4.53. The Kier molecular flexibility index (Phi) is 5.31. The number of nitrogens with zero attached hydrogens (tertiary/aromatic N) is 5. The zero-order valence-corrected chi connectivity index (χ0v) is 17.1. The van der Waals surface area contributed by atoms with Crippen LogP contribution in [0.2, 0.25) is 0 Å². The Labute approximate surface area is 175 Å². The highest BCUT2D eigenvalue weighted by Gasteiger charge is 2.12. The Morgan fingerprint density at radius 1 is 1.13 bits per heavy atom. The highest BCUT2D eigenvalue weighted by molar-refractivity contribution is 7.89. The molecule has 0 spiro atoms. The van der Waals surface area contributed by atoms with E-state index in [1.165, 1.54) is 28.0 Å². The van der Waals surface area contributed by atoms with Gasteiger partial charge in [-0.2, -0.15) is 9.67 Å². The summed E-state index contributed by atoms with van der Waals surface area (Å²) in [5.41, 5.74) is 6.55. The molecule has 0 amide bonds. The molecule has 6 N–H and O–H groups in total. The van der Waals surface area contributed by atoms with Crippen LogP contribution < -0.4 is 21.5 Å². The molecule has 0 aliphatic rings. The maximum Gasteiger partial charge on any atom is 0.248 e. The molecule has 0 fully saturated rings. The summed E-state index contributed by atoms with van der Waals surface area (Å²) in [5, 5.41) is 17.6. The maximum absolute atomic E-state index is 11.3. The number of rotatable bonds is 7. The van der Waals surface area contributed by atoms with Crippen LogP contribution in [0.25, 0.3) is 5.82 Å². The number of thiophene rings is 1. The van der Waals surface area contributed by atoms with Crippen molar-refractivity contribution in [1.29, 1.82) is 0 Å². The molecular formula is C17H17N9O2S2. The smallest absolute Gasteiger partial charge is 0.248 e. The molecule has 4 aromatic rings. The highest BCUT2D eigenvalue weighted by atomic mass is 32.2. The molecule has 0 aliphatic heterocycles. The summed E-state index contributed by atoms with van der Waals surface area (Å²) in [6.07, 6.45) is 1.41. The van der Waals surface area contributed by atoms with E-state index < -0.39 is 10.0 Å². The van der Waals surface area contributed by atoms with Gasteiger partial charge in [-0.25, -0.2) is 23.5 Å². The van der Waals surface area contributed by atoms with Crippen molar-refractivity contribution in [2.45, 2.75) is 11.4 Å². The standard InChI is InChI=1S/C17H17N9O2S2/c18-16-24-17(23-11-3-5-13(6-4-11)30(19,27)28)25-26(16)15-8-14(21-10-22-15)20-9-12-2-1-7-29-12/h1-8,10H,9H2,(H2,19,27,28)(H,20,21,22)(H3,18,23,24,25). The molecule has 0 radical (unpaired) electrons. The van der Waals surface area contributed by atoms with E-state index in [9.17, 15) is 8.42 Å². The summed E-state index contributed by atoms with van der Waals surface area (Å²) in [6.45, 7) is 0.641. The molecule has 154 valence electrons. The number of primary sulfonamides is 1. The van der Waals surface area contributed by atoms with Gasteiger partial charge in [0.15, 0.2) is 5.82 Å². The SMILES string of the molecule is Nc1nc(Nc2ccc(S(N)(=O)=O)cc2)nn1-c1cc(NCc2cccs2)ncn1. The van der Waals surface area contributed by atoms with Crippen molar-refractivity contribution >= 4 is 44.8 Å². The van der Waals surface area contributed by atoms with E-state index in [2.05, 4.69) is 30.7 Å². The zero-order chi connectivity index (χ0) is 21.1. The van der Waals surface area contributed by atoms with Gasteiger partial charge in [0.1, 0.15) is 12.1 Å². The lowest BCUT2D eigenvalue weighted by molar-refractivity contribution is 0.598. The van der Waals surface area contributed by atoms with Crippen LogP contribution in [0.1, 0.15) is 4.88 Å². The molecule has 3 heterocycles. The number of nitrogens with one attached hydrogen (secondary N) is 2. The van der Waals surface area contributed by atoms with E-state index in [1.54, 1.807) is 29.5 Å². The number of benzene rings is 1. The molecule has 3 aromatic heterocycles. The predicted molar refractivity (Wildman–Crippen MR) is 114 cm³/mol. The molecule has 0 bridgehead atoms. The number of hydrogen-bond acceptors (Lipinski definition) is 10. The second kappa shape index (κ2) is 8.06. The Morgan fingerprint density at radius 3 is 2.63 bits per heavy atom. The van der Waals surface area contributed by atoms with Gasteiger partial charge in [0.25, 0.3) is 0 Å². The Morgan fingerprint density at radius 2 is 1.93 bits per heavy atom. The summed E-state index contributed by atoms with van der Waals surface area (Å²) in [5.74, 6) is 1.42. The normalized spacial score (nSPS) is 11.4. The first-order chi connectivity index (χ1) is 14.4. The van der Waals surface area contributed by atoms with Gasteiger partial charge in [0, 0.05) is 16.6 Å². The number of nitrogen functional groups attached to an aromatic ring is 1. The highest BCUT2D eigenvalue weighted by Crippen LogP contribution is 2.19. The van der Waals surface area contributed by atoms with Crippen LogP contribution in [0.3, 0.4) is 0 Å². The fraction of sp³-hybridized carbons (Fsp3) is 0.0588. The van der Waals surface area contributed by atoms with Gasteiger partial charge in [-0.3, -0.25) is 0 Å². The minimum Gasteiger partial charge on any atom is -0.368 e. The molecule has 1 aromatic carbocycles. The van der Waals surface area contributed by atoms with E-state index >= 15 is 0 Å². The number of hydrogen-bond donors (Lipinski definition) is 4. The first kappa shape index (κ1) is 19.8. The lowest BCUT2D eigenvalue weighted by Gasteiger charge is -2.06. The second-order valence-electron chi connectivity index (χ2n) is 6.09. The summed E-state index contributed by atoms with van der Waals surface area (Å²) in [4.78, 5) is 13.8. The van der Waals surface area contributed by atoms with Crippen LogP contribution in [0.4, 0.5) is 23.4 Å². The number of nitrogens with two attached hydrogens (primary N) is 2. The van der Waals surface area contributed by atoms with Gasteiger partial charge >= 0.3 is 0 Å². The minimum atomic E-state index is -3.76. The first-order valence-corrected chi connectivity index (χ1v) is 11.0. The minimum absolute atomic E-state index is 0.00890. The van der Waals surface area contributed by atoms with Gasteiger partial charge in [-0.15, -0.1) is 16.4 Å². The molecule has 0 aliphatic carbocycles. The summed E-state index contributed by atoms with van der Waals surface area (Å²) < 4.78 is 24.1. The molecule has 4 rings (SSSR count). The van der Waals surface area contributed by atoms with E-state index in [4.69, 9.17) is 10.9 Å². The van der Waals surface area contributed by atoms with Crippen molar-refractivity contribution in [2.24, 2.45) is 5.14 Å². The van der Waals surface area contributed by atoms with Crippen molar-refractivity contribution in [3.63, 3.8) is 0 Å². The van der Waals surface area contributed by atoms with Crippen LogP contribution in [-0.2, 0) is 16.6 Å². The number of sulfonamides is 1. The second-order valence-corrected chi connectivity index (χ2v) is 8.69. The Bertz CT molecular complexity index is 1250. The molecule has 0 saturated heterocycles. The van der Waals surface area contributed by atoms with E-state index in [0.29, 0.717) is 23.9 Å². The van der Waals surface area contributed by atoms with Crippen molar-refractivity contribution in [3.05, 3.63) is 59.0 Å². The Hall–Kier alpha value is -3.55. The zero-order valence-electron chi connectivity index (χ0n) is 15.4. The largest absolute Gasteiger partial charge is 0.368 e. The van der Waals surface area contributed by atoms with Crippen LogP contribution >= 0.6 is 11.3 Å². The molecule has 30 heavy (non-hydrogen) atoms. The molecule has 0 unspecified atom stereocenters. The number of anilines is 4. The van der Waals surface area contributed by atoms with Crippen LogP contribution in [0, 0.1) is 0 Å². The van der Waals surface area contributed by atoms with Crippen LogP contribution in [0.15, 0.2) is 59.1 Å². The van der Waals surface area contributed by atoms with Gasteiger partial charge in [-0.05, 0) is 35.7 Å². The van der Waals surface area contributed by atoms with E-state index in [-0.39, 0.29) is 16.8 Å². The van der Waals surface area contributed by atoms with Crippen molar-refractivity contribution < 1.29 is 8.42 Å². The molecule has 0 saturated carbocycles. The topological polar surface area (TPSA) is 167 Å². The monoisotopic (exact) mass is 443 g/mol. The average molecular weight is 444 g/mol. The lowest BCUT2D eigenvalue weighted by Crippen LogP contribution is -2.11. The van der Waals surface area contributed by atoms with Crippen molar-refractivity contribution in [3.8, 4) is 5.82 Å². The Balaban J connectivity index is 1.50. The summed E-state index contributed by atoms with van der Waals surface area (Å²) >= 11 is 1.65. The van der Waals surface area contributed by atoms with Crippen LogP contribution in [0.5, 0.6) is 0 Å². The average Bonchev–Trinajstić information content (AvgIpc) is 3.36. The number of aromatic nitrogens is 5. The lowest BCUT2D eigenvalue weighted by atomic mass is 10.3. The molecule has 0 atom stereocenters. The van der Waals surface area contributed by atoms with Crippen molar-refractivity contribution in [1.82, 2.24) is 24.7 Å².